The van der Waals surface area contributed by atoms with Crippen LogP contribution in [0.4, 0.5) is 0 Å². The van der Waals surface area contributed by atoms with E-state index in [9.17, 15) is 13.2 Å². The van der Waals surface area contributed by atoms with Gasteiger partial charge in [0.1, 0.15) is 5.75 Å². The highest BCUT2D eigenvalue weighted by atomic mass is 32.2. The van der Waals surface area contributed by atoms with Gasteiger partial charge in [-0.25, -0.2) is 8.42 Å². The first-order chi connectivity index (χ1) is 10.9. The number of nitrogens with zero attached hydrogens (tertiary/aromatic N) is 2. The van der Waals surface area contributed by atoms with Crippen LogP contribution in [0.5, 0.6) is 5.75 Å². The molecular formula is C16H24N2O4S. The summed E-state index contributed by atoms with van der Waals surface area (Å²) in [5, 5.41) is 0. The lowest BCUT2D eigenvalue weighted by molar-refractivity contribution is -0.135. The molecule has 0 bridgehead atoms. The number of carbonyl (C=O) groups excluding carboxylic acids is 1. The smallest absolute Gasteiger partial charge is 0.243 e. The Kier molecular flexibility index (Phi) is 5.64. The van der Waals surface area contributed by atoms with Gasteiger partial charge in [-0.3, -0.25) is 4.79 Å². The van der Waals surface area contributed by atoms with Gasteiger partial charge in [0.25, 0.3) is 0 Å². The van der Waals surface area contributed by atoms with E-state index in [1.54, 1.807) is 29.2 Å². The monoisotopic (exact) mass is 340 g/mol. The quantitative estimate of drug-likeness (QED) is 0.816. The highest BCUT2D eigenvalue weighted by Crippen LogP contribution is 2.21. The molecule has 1 aliphatic heterocycles. The third kappa shape index (κ3) is 4.03. The van der Waals surface area contributed by atoms with Crippen LogP contribution in [0.25, 0.3) is 0 Å². The van der Waals surface area contributed by atoms with Crippen molar-refractivity contribution in [2.75, 3.05) is 32.8 Å². The second-order valence-electron chi connectivity index (χ2n) is 5.79. The molecule has 0 atom stereocenters. The molecule has 0 spiro atoms. The Hall–Kier alpha value is -1.60. The molecule has 0 aromatic heterocycles. The van der Waals surface area contributed by atoms with Crippen molar-refractivity contribution in [2.24, 2.45) is 5.92 Å². The average Bonchev–Trinajstić information content (AvgIpc) is 2.55. The largest absolute Gasteiger partial charge is 0.494 e. The third-order valence-corrected chi connectivity index (χ3v) is 5.73. The van der Waals surface area contributed by atoms with E-state index in [1.807, 2.05) is 20.8 Å². The molecule has 1 saturated heterocycles. The zero-order chi connectivity index (χ0) is 17.0. The van der Waals surface area contributed by atoms with Crippen LogP contribution in [0, 0.1) is 5.92 Å². The highest BCUT2D eigenvalue weighted by Gasteiger charge is 2.30. The van der Waals surface area contributed by atoms with Crippen LogP contribution in [-0.2, 0) is 14.8 Å². The van der Waals surface area contributed by atoms with E-state index in [0.717, 1.165) is 0 Å². The van der Waals surface area contributed by atoms with E-state index >= 15 is 0 Å². The van der Waals surface area contributed by atoms with Crippen molar-refractivity contribution in [1.29, 1.82) is 0 Å². The van der Waals surface area contributed by atoms with Crippen molar-refractivity contribution in [2.45, 2.75) is 25.7 Å². The first kappa shape index (κ1) is 17.7. The van der Waals surface area contributed by atoms with Crippen LogP contribution in [-0.4, -0.2) is 56.3 Å². The van der Waals surface area contributed by atoms with Crippen molar-refractivity contribution in [3.05, 3.63) is 24.3 Å². The van der Waals surface area contributed by atoms with E-state index in [-0.39, 0.29) is 16.7 Å². The molecule has 6 nitrogen and oxygen atoms in total. The highest BCUT2D eigenvalue weighted by molar-refractivity contribution is 7.89. The van der Waals surface area contributed by atoms with Gasteiger partial charge in [0, 0.05) is 32.1 Å². The molecule has 1 heterocycles. The zero-order valence-corrected chi connectivity index (χ0v) is 14.7. The summed E-state index contributed by atoms with van der Waals surface area (Å²) < 4.78 is 32.1. The van der Waals surface area contributed by atoms with Crippen molar-refractivity contribution < 1.29 is 17.9 Å². The number of rotatable bonds is 5. The molecule has 1 aromatic rings. The molecule has 128 valence electrons. The van der Waals surface area contributed by atoms with Crippen molar-refractivity contribution in [3.63, 3.8) is 0 Å². The zero-order valence-electron chi connectivity index (χ0n) is 13.9. The average molecular weight is 340 g/mol. The lowest BCUT2D eigenvalue weighted by atomic mass is 10.2. The summed E-state index contributed by atoms with van der Waals surface area (Å²) in [4.78, 5) is 14.0. The minimum atomic E-state index is -3.52. The van der Waals surface area contributed by atoms with Crippen LogP contribution in [0.2, 0.25) is 0 Å². The summed E-state index contributed by atoms with van der Waals surface area (Å²) in [5.74, 6) is 0.659. The Morgan fingerprint density at radius 2 is 1.70 bits per heavy atom. The van der Waals surface area contributed by atoms with Gasteiger partial charge in [0.15, 0.2) is 0 Å². The summed E-state index contributed by atoms with van der Waals surface area (Å²) in [5.41, 5.74) is 0. The maximum atomic E-state index is 12.6. The number of carbonyl (C=O) groups is 1. The van der Waals surface area contributed by atoms with Crippen molar-refractivity contribution in [1.82, 2.24) is 9.21 Å². The Morgan fingerprint density at radius 3 is 2.17 bits per heavy atom. The number of sulfonamides is 1. The van der Waals surface area contributed by atoms with E-state index in [4.69, 9.17) is 4.74 Å². The minimum Gasteiger partial charge on any atom is -0.494 e. The molecule has 1 fully saturated rings. The lowest BCUT2D eigenvalue weighted by Crippen LogP contribution is -2.51. The lowest BCUT2D eigenvalue weighted by Gasteiger charge is -2.34. The van der Waals surface area contributed by atoms with E-state index in [2.05, 4.69) is 0 Å². The standard InChI is InChI=1S/C16H24N2O4S/c1-4-22-14-5-7-15(8-6-14)23(20,21)18-11-9-17(10-12-18)16(19)13(2)3/h5-8,13H,4,9-12H2,1-3H3. The molecule has 1 aromatic carbocycles. The topological polar surface area (TPSA) is 66.9 Å². The first-order valence-electron chi connectivity index (χ1n) is 7.88. The normalized spacial score (nSPS) is 16.6. The minimum absolute atomic E-state index is 0.0655. The summed E-state index contributed by atoms with van der Waals surface area (Å²) in [6.07, 6.45) is 0. The van der Waals surface area contributed by atoms with Gasteiger partial charge in [-0.15, -0.1) is 0 Å². The summed E-state index contributed by atoms with van der Waals surface area (Å²) in [7, 11) is -3.52. The molecule has 0 unspecified atom stereocenters. The van der Waals surface area contributed by atoms with Gasteiger partial charge in [-0.05, 0) is 31.2 Å². The molecule has 0 radical (unpaired) electrons. The Labute approximate surface area is 138 Å². The fourth-order valence-electron chi connectivity index (χ4n) is 2.54. The van der Waals surface area contributed by atoms with Gasteiger partial charge in [0.2, 0.25) is 15.9 Å². The van der Waals surface area contributed by atoms with Crippen molar-refractivity contribution in [3.8, 4) is 5.75 Å². The predicted molar refractivity (Wildman–Crippen MR) is 87.8 cm³/mol. The van der Waals surface area contributed by atoms with E-state index in [1.165, 1.54) is 4.31 Å². The summed E-state index contributed by atoms with van der Waals surface area (Å²) in [6, 6.07) is 6.45. The fraction of sp³-hybridized carbons (Fsp3) is 0.562. The number of amides is 1. The molecule has 1 amide bonds. The molecular weight excluding hydrogens is 316 g/mol. The molecule has 23 heavy (non-hydrogen) atoms. The third-order valence-electron chi connectivity index (χ3n) is 3.82. The summed E-state index contributed by atoms with van der Waals surface area (Å²) in [6.45, 7) is 7.65. The maximum absolute atomic E-state index is 12.6. The van der Waals surface area contributed by atoms with Crippen LogP contribution >= 0.6 is 0 Å². The number of piperazine rings is 1. The molecule has 7 heteroatoms. The van der Waals surface area contributed by atoms with Crippen molar-refractivity contribution >= 4 is 15.9 Å². The molecule has 0 saturated carbocycles. The van der Waals surface area contributed by atoms with E-state index < -0.39 is 10.0 Å². The van der Waals surface area contributed by atoms with Crippen LogP contribution in [0.15, 0.2) is 29.2 Å². The Bertz CT molecular complexity index is 633. The first-order valence-corrected chi connectivity index (χ1v) is 9.32. The van der Waals surface area contributed by atoms with Gasteiger partial charge < -0.3 is 9.64 Å². The van der Waals surface area contributed by atoms with Gasteiger partial charge in [0.05, 0.1) is 11.5 Å². The molecule has 0 N–H and O–H groups in total. The molecule has 0 aliphatic carbocycles. The predicted octanol–water partition coefficient (Wildman–Crippen LogP) is 1.57. The fourth-order valence-corrected chi connectivity index (χ4v) is 3.96. The SMILES string of the molecule is CCOc1ccc(S(=O)(=O)N2CCN(C(=O)C(C)C)CC2)cc1. The van der Waals surface area contributed by atoms with Gasteiger partial charge >= 0.3 is 0 Å². The van der Waals surface area contributed by atoms with Crippen LogP contribution < -0.4 is 4.74 Å². The Balaban J connectivity index is 2.05. The molecule has 2 rings (SSSR count). The van der Waals surface area contributed by atoms with Crippen LogP contribution in [0.1, 0.15) is 20.8 Å². The number of ether oxygens (including phenoxy) is 1. The maximum Gasteiger partial charge on any atom is 0.243 e. The van der Waals surface area contributed by atoms with Crippen LogP contribution in [0.3, 0.4) is 0 Å². The number of hydrogen-bond acceptors (Lipinski definition) is 4. The number of benzene rings is 1. The number of hydrogen-bond donors (Lipinski definition) is 0. The van der Waals surface area contributed by atoms with Gasteiger partial charge in [-0.1, -0.05) is 13.8 Å². The second kappa shape index (κ2) is 7.31. The summed E-state index contributed by atoms with van der Waals surface area (Å²) >= 11 is 0. The Morgan fingerprint density at radius 1 is 1.13 bits per heavy atom. The molecule has 1 aliphatic rings. The van der Waals surface area contributed by atoms with Gasteiger partial charge in [-0.2, -0.15) is 4.31 Å². The van der Waals surface area contributed by atoms with E-state index in [0.29, 0.717) is 38.5 Å². The second-order valence-corrected chi connectivity index (χ2v) is 7.73.